The van der Waals surface area contributed by atoms with Crippen LogP contribution in [0.25, 0.3) is 0 Å². The van der Waals surface area contributed by atoms with Gasteiger partial charge in [-0.05, 0) is 32.3 Å². The van der Waals surface area contributed by atoms with Crippen molar-refractivity contribution < 1.29 is 0 Å². The third kappa shape index (κ3) is 1.94. The molecule has 1 atom stereocenters. The van der Waals surface area contributed by atoms with E-state index in [1.807, 2.05) is 6.07 Å². The van der Waals surface area contributed by atoms with Crippen LogP contribution >= 0.6 is 0 Å². The van der Waals surface area contributed by atoms with Gasteiger partial charge in [0.15, 0.2) is 5.82 Å². The number of piperidine rings is 1. The van der Waals surface area contributed by atoms with Gasteiger partial charge in [0, 0.05) is 18.8 Å². The second-order valence-corrected chi connectivity index (χ2v) is 4.29. The van der Waals surface area contributed by atoms with Crippen molar-refractivity contribution in [2.24, 2.45) is 0 Å². The second kappa shape index (κ2) is 4.40. The van der Waals surface area contributed by atoms with Crippen LogP contribution in [0.1, 0.15) is 31.7 Å². The molecule has 0 saturated carbocycles. The van der Waals surface area contributed by atoms with E-state index in [2.05, 4.69) is 16.8 Å². The van der Waals surface area contributed by atoms with E-state index < -0.39 is 0 Å². The lowest BCUT2D eigenvalue weighted by Gasteiger charge is -2.35. The molecular formula is C12H16N4. The Hall–Kier alpha value is -1.76. The Kier molecular flexibility index (Phi) is 2.95. The fourth-order valence-electron chi connectivity index (χ4n) is 2.19. The molecule has 1 aromatic rings. The molecule has 1 saturated heterocycles. The van der Waals surface area contributed by atoms with Gasteiger partial charge in [-0.2, -0.15) is 5.26 Å². The smallest absolute Gasteiger partial charge is 0.152 e. The normalized spacial score (nSPS) is 20.5. The Balaban J connectivity index is 2.29. The predicted molar refractivity (Wildman–Crippen MR) is 64.0 cm³/mol. The lowest BCUT2D eigenvalue weighted by atomic mass is 10.0. The summed E-state index contributed by atoms with van der Waals surface area (Å²) in [5.74, 6) is 0.825. The number of nitrogens with two attached hydrogens (primary N) is 1. The van der Waals surface area contributed by atoms with Crippen molar-refractivity contribution in [2.45, 2.75) is 32.2 Å². The second-order valence-electron chi connectivity index (χ2n) is 4.29. The highest BCUT2D eigenvalue weighted by molar-refractivity contribution is 5.65. The van der Waals surface area contributed by atoms with E-state index in [0.717, 1.165) is 12.4 Å². The zero-order valence-corrected chi connectivity index (χ0v) is 9.48. The van der Waals surface area contributed by atoms with Gasteiger partial charge in [-0.15, -0.1) is 0 Å². The van der Waals surface area contributed by atoms with Crippen LogP contribution in [0.2, 0.25) is 0 Å². The number of hydrogen-bond acceptors (Lipinski definition) is 4. The molecule has 84 valence electrons. The van der Waals surface area contributed by atoms with Gasteiger partial charge in [-0.3, -0.25) is 0 Å². The zero-order valence-electron chi connectivity index (χ0n) is 9.48. The van der Waals surface area contributed by atoms with Gasteiger partial charge in [0.05, 0.1) is 11.3 Å². The molecule has 4 heteroatoms. The Bertz CT molecular complexity index is 422. The summed E-state index contributed by atoms with van der Waals surface area (Å²) < 4.78 is 0. The number of nitrogens with zero attached hydrogens (tertiary/aromatic N) is 3. The lowest BCUT2D eigenvalue weighted by Crippen LogP contribution is -2.38. The van der Waals surface area contributed by atoms with E-state index in [9.17, 15) is 0 Å². The molecule has 0 aliphatic carbocycles. The molecule has 4 nitrogen and oxygen atoms in total. The van der Waals surface area contributed by atoms with Crippen LogP contribution in [-0.4, -0.2) is 17.6 Å². The Morgan fingerprint density at radius 1 is 1.56 bits per heavy atom. The van der Waals surface area contributed by atoms with Crippen LogP contribution in [0.5, 0.6) is 0 Å². The molecule has 0 aromatic carbocycles. The van der Waals surface area contributed by atoms with Crippen molar-refractivity contribution in [1.29, 1.82) is 5.26 Å². The number of nitrogen functional groups attached to an aromatic ring is 1. The Morgan fingerprint density at radius 3 is 3.00 bits per heavy atom. The highest BCUT2D eigenvalue weighted by Gasteiger charge is 2.21. The van der Waals surface area contributed by atoms with Crippen LogP contribution in [-0.2, 0) is 0 Å². The number of pyridine rings is 1. The Morgan fingerprint density at radius 2 is 2.38 bits per heavy atom. The fraction of sp³-hybridized carbons (Fsp3) is 0.500. The quantitative estimate of drug-likeness (QED) is 0.778. The third-order valence-corrected chi connectivity index (χ3v) is 3.10. The first kappa shape index (κ1) is 10.7. The molecule has 1 aliphatic rings. The molecule has 0 bridgehead atoms. The summed E-state index contributed by atoms with van der Waals surface area (Å²) in [5.41, 5.74) is 7.06. The van der Waals surface area contributed by atoms with Gasteiger partial charge in [-0.1, -0.05) is 0 Å². The summed E-state index contributed by atoms with van der Waals surface area (Å²) in [4.78, 5) is 6.54. The molecule has 16 heavy (non-hydrogen) atoms. The van der Waals surface area contributed by atoms with E-state index in [4.69, 9.17) is 11.0 Å². The molecule has 1 fully saturated rings. The highest BCUT2D eigenvalue weighted by atomic mass is 15.2. The van der Waals surface area contributed by atoms with E-state index in [-0.39, 0.29) is 0 Å². The molecule has 1 aliphatic heterocycles. The average molecular weight is 216 g/mol. The monoisotopic (exact) mass is 216 g/mol. The van der Waals surface area contributed by atoms with Gasteiger partial charge in [-0.25, -0.2) is 4.98 Å². The fourth-order valence-corrected chi connectivity index (χ4v) is 2.19. The first-order chi connectivity index (χ1) is 7.72. The van der Waals surface area contributed by atoms with Crippen LogP contribution in [0.4, 0.5) is 11.5 Å². The standard InChI is InChI=1S/C12H16N4/c1-9-4-2-3-5-16(9)12-11(14)6-10(7-13)8-15-12/h6,8-9H,2-5,14H2,1H3. The van der Waals surface area contributed by atoms with E-state index in [0.29, 0.717) is 17.3 Å². The minimum Gasteiger partial charge on any atom is -0.396 e. The van der Waals surface area contributed by atoms with Crippen molar-refractivity contribution in [3.8, 4) is 6.07 Å². The van der Waals surface area contributed by atoms with Gasteiger partial charge in [0.25, 0.3) is 0 Å². The summed E-state index contributed by atoms with van der Waals surface area (Å²) >= 11 is 0. The first-order valence-electron chi connectivity index (χ1n) is 5.64. The van der Waals surface area contributed by atoms with Gasteiger partial charge in [0.2, 0.25) is 0 Å². The maximum Gasteiger partial charge on any atom is 0.152 e. The number of nitriles is 1. The lowest BCUT2D eigenvalue weighted by molar-refractivity contribution is 0.482. The summed E-state index contributed by atoms with van der Waals surface area (Å²) in [6.07, 6.45) is 5.23. The minimum absolute atomic E-state index is 0.483. The van der Waals surface area contributed by atoms with Crippen LogP contribution in [0, 0.1) is 11.3 Å². The largest absolute Gasteiger partial charge is 0.396 e. The summed E-state index contributed by atoms with van der Waals surface area (Å²) in [5, 5.41) is 8.76. The van der Waals surface area contributed by atoms with E-state index in [1.54, 1.807) is 12.3 Å². The average Bonchev–Trinajstić information content (AvgIpc) is 2.30. The predicted octanol–water partition coefficient (Wildman–Crippen LogP) is 1.91. The van der Waals surface area contributed by atoms with Crippen molar-refractivity contribution in [3.63, 3.8) is 0 Å². The summed E-state index contributed by atoms with van der Waals surface area (Å²) in [6.45, 7) is 3.20. The minimum atomic E-state index is 0.483. The van der Waals surface area contributed by atoms with Gasteiger partial charge >= 0.3 is 0 Å². The Labute approximate surface area is 95.7 Å². The maximum absolute atomic E-state index is 8.76. The van der Waals surface area contributed by atoms with Crippen LogP contribution < -0.4 is 10.6 Å². The molecule has 2 rings (SSSR count). The SMILES string of the molecule is CC1CCCCN1c1ncc(C#N)cc1N. The van der Waals surface area contributed by atoms with Crippen molar-refractivity contribution in [2.75, 3.05) is 17.2 Å². The highest BCUT2D eigenvalue weighted by Crippen LogP contribution is 2.27. The number of aromatic nitrogens is 1. The van der Waals surface area contributed by atoms with Gasteiger partial charge in [0.1, 0.15) is 6.07 Å². The molecule has 1 aromatic heterocycles. The number of hydrogen-bond donors (Lipinski definition) is 1. The molecule has 0 amide bonds. The number of rotatable bonds is 1. The van der Waals surface area contributed by atoms with Crippen LogP contribution in [0.15, 0.2) is 12.3 Å². The molecule has 2 heterocycles. The maximum atomic E-state index is 8.76. The topological polar surface area (TPSA) is 65.9 Å². The summed E-state index contributed by atoms with van der Waals surface area (Å²) in [6, 6.07) is 4.23. The third-order valence-electron chi connectivity index (χ3n) is 3.10. The van der Waals surface area contributed by atoms with Gasteiger partial charge < -0.3 is 10.6 Å². The van der Waals surface area contributed by atoms with E-state index >= 15 is 0 Å². The molecular weight excluding hydrogens is 200 g/mol. The molecule has 1 unspecified atom stereocenters. The van der Waals surface area contributed by atoms with Crippen molar-refractivity contribution in [1.82, 2.24) is 4.98 Å². The van der Waals surface area contributed by atoms with Crippen molar-refractivity contribution in [3.05, 3.63) is 17.8 Å². The molecule has 0 radical (unpaired) electrons. The molecule has 0 spiro atoms. The zero-order chi connectivity index (χ0) is 11.5. The number of anilines is 2. The molecule has 2 N–H and O–H groups in total. The summed E-state index contributed by atoms with van der Waals surface area (Å²) in [7, 11) is 0. The van der Waals surface area contributed by atoms with E-state index in [1.165, 1.54) is 19.3 Å². The van der Waals surface area contributed by atoms with Crippen molar-refractivity contribution >= 4 is 11.5 Å². The first-order valence-corrected chi connectivity index (χ1v) is 5.64. The van der Waals surface area contributed by atoms with Crippen LogP contribution in [0.3, 0.4) is 0 Å².